The third kappa shape index (κ3) is 4.68. The van der Waals surface area contributed by atoms with Crippen molar-refractivity contribution < 1.29 is 4.79 Å². The summed E-state index contributed by atoms with van der Waals surface area (Å²) in [5.41, 5.74) is -0.810. The molecule has 0 aliphatic rings. The number of nitrogens with one attached hydrogen (secondary N) is 1. The van der Waals surface area contributed by atoms with Gasteiger partial charge in [-0.05, 0) is 18.8 Å². The average Bonchev–Trinajstić information content (AvgIpc) is 2.39. The zero-order valence-electron chi connectivity index (χ0n) is 12.4. The van der Waals surface area contributed by atoms with Crippen molar-refractivity contribution in [3.63, 3.8) is 0 Å². The second kappa shape index (κ2) is 8.97. The molecule has 1 N–H and O–H groups in total. The number of rotatable bonds is 9. The zero-order valence-corrected chi connectivity index (χ0v) is 12.4. The summed E-state index contributed by atoms with van der Waals surface area (Å²) in [4.78, 5) is 12.3. The minimum atomic E-state index is -0.810. The molecular formula is C15H28N2O. The summed E-state index contributed by atoms with van der Waals surface area (Å²) in [5.74, 6) is 0.453. The van der Waals surface area contributed by atoms with E-state index in [1.54, 1.807) is 0 Å². The lowest BCUT2D eigenvalue weighted by molar-refractivity contribution is -0.129. The minimum Gasteiger partial charge on any atom is -0.354 e. The first-order valence-corrected chi connectivity index (χ1v) is 7.29. The van der Waals surface area contributed by atoms with Gasteiger partial charge >= 0.3 is 0 Å². The number of amides is 1. The van der Waals surface area contributed by atoms with Crippen molar-refractivity contribution in [2.75, 3.05) is 6.54 Å². The fourth-order valence-electron chi connectivity index (χ4n) is 2.35. The normalized spacial score (nSPS) is 11.3. The van der Waals surface area contributed by atoms with Crippen LogP contribution in [0, 0.1) is 22.7 Å². The molecule has 0 bridgehead atoms. The van der Waals surface area contributed by atoms with Gasteiger partial charge in [-0.1, -0.05) is 53.4 Å². The lowest BCUT2D eigenvalue weighted by atomic mass is 9.79. The first kappa shape index (κ1) is 17.0. The van der Waals surface area contributed by atoms with Crippen LogP contribution in [0.3, 0.4) is 0 Å². The number of carbonyl (C=O) groups excluding carboxylic acids is 1. The maximum absolute atomic E-state index is 12.3. The molecule has 0 unspecified atom stereocenters. The Morgan fingerprint density at radius 2 is 1.67 bits per heavy atom. The van der Waals surface area contributed by atoms with Crippen molar-refractivity contribution in [2.45, 2.75) is 66.2 Å². The van der Waals surface area contributed by atoms with Crippen LogP contribution >= 0.6 is 0 Å². The van der Waals surface area contributed by atoms with E-state index >= 15 is 0 Å². The molecule has 18 heavy (non-hydrogen) atoms. The zero-order chi connectivity index (χ0) is 14.0. The first-order chi connectivity index (χ1) is 8.60. The summed E-state index contributed by atoms with van der Waals surface area (Å²) in [6.07, 6.45) is 5.19. The van der Waals surface area contributed by atoms with Gasteiger partial charge in [0, 0.05) is 6.54 Å². The molecule has 0 aromatic rings. The van der Waals surface area contributed by atoms with Crippen LogP contribution in [0.1, 0.15) is 66.2 Å². The predicted octanol–water partition coefficient (Wildman–Crippen LogP) is 3.65. The molecule has 0 radical (unpaired) electrons. The molecule has 0 aromatic carbocycles. The summed E-state index contributed by atoms with van der Waals surface area (Å²) < 4.78 is 0. The van der Waals surface area contributed by atoms with E-state index < -0.39 is 5.41 Å². The highest BCUT2D eigenvalue weighted by molar-refractivity contribution is 5.85. The Balaban J connectivity index is 4.61. The maximum Gasteiger partial charge on any atom is 0.240 e. The van der Waals surface area contributed by atoms with E-state index in [-0.39, 0.29) is 5.91 Å². The van der Waals surface area contributed by atoms with E-state index in [0.717, 1.165) is 25.7 Å². The molecule has 0 fully saturated rings. The molecule has 104 valence electrons. The first-order valence-electron chi connectivity index (χ1n) is 7.29. The molecule has 0 heterocycles. The van der Waals surface area contributed by atoms with Crippen molar-refractivity contribution in [1.29, 1.82) is 5.26 Å². The Hall–Kier alpha value is -1.04. The van der Waals surface area contributed by atoms with E-state index in [2.05, 4.69) is 25.2 Å². The van der Waals surface area contributed by atoms with Gasteiger partial charge in [-0.3, -0.25) is 4.79 Å². The van der Waals surface area contributed by atoms with Crippen molar-refractivity contribution in [2.24, 2.45) is 11.3 Å². The Morgan fingerprint density at radius 1 is 1.17 bits per heavy atom. The molecule has 1 amide bonds. The van der Waals surface area contributed by atoms with E-state index in [1.165, 1.54) is 0 Å². The number of nitrogens with zero attached hydrogens (tertiary/aromatic N) is 1. The number of hydrogen-bond donors (Lipinski definition) is 1. The monoisotopic (exact) mass is 252 g/mol. The largest absolute Gasteiger partial charge is 0.354 e. The quantitative estimate of drug-likeness (QED) is 0.681. The van der Waals surface area contributed by atoms with E-state index in [9.17, 15) is 10.1 Å². The van der Waals surface area contributed by atoms with Gasteiger partial charge in [0.15, 0.2) is 0 Å². The molecule has 0 spiro atoms. The Labute approximate surface area is 112 Å². The van der Waals surface area contributed by atoms with Crippen LogP contribution in [-0.2, 0) is 4.79 Å². The fourth-order valence-corrected chi connectivity index (χ4v) is 2.35. The SMILES string of the molecule is CCCC(C#N)(CCC)C(=O)NCC(CC)CC. The van der Waals surface area contributed by atoms with E-state index in [1.807, 2.05) is 13.8 Å². The van der Waals surface area contributed by atoms with Gasteiger partial charge in [-0.25, -0.2) is 0 Å². The number of hydrogen-bond acceptors (Lipinski definition) is 2. The second-order valence-corrected chi connectivity index (χ2v) is 5.09. The molecule has 0 atom stereocenters. The molecule has 3 heteroatoms. The molecule has 0 saturated carbocycles. The molecule has 0 aliphatic carbocycles. The number of carbonyl (C=O) groups is 1. The molecule has 3 nitrogen and oxygen atoms in total. The predicted molar refractivity (Wildman–Crippen MR) is 74.9 cm³/mol. The van der Waals surface area contributed by atoms with Crippen molar-refractivity contribution >= 4 is 5.91 Å². The summed E-state index contributed by atoms with van der Waals surface area (Å²) >= 11 is 0. The summed E-state index contributed by atoms with van der Waals surface area (Å²) in [5, 5.41) is 12.4. The van der Waals surface area contributed by atoms with Crippen LogP contribution in [0.15, 0.2) is 0 Å². The van der Waals surface area contributed by atoms with Crippen molar-refractivity contribution in [3.8, 4) is 6.07 Å². The molecule has 0 rings (SSSR count). The Bertz CT molecular complexity index is 271. The van der Waals surface area contributed by atoms with Crippen LogP contribution < -0.4 is 5.32 Å². The molecule has 0 aromatic heterocycles. The second-order valence-electron chi connectivity index (χ2n) is 5.09. The van der Waals surface area contributed by atoms with Crippen LogP contribution in [0.2, 0.25) is 0 Å². The summed E-state index contributed by atoms with van der Waals surface area (Å²) in [6.45, 7) is 9.01. The average molecular weight is 252 g/mol. The van der Waals surface area contributed by atoms with Crippen LogP contribution in [-0.4, -0.2) is 12.5 Å². The van der Waals surface area contributed by atoms with Gasteiger partial charge < -0.3 is 5.32 Å². The lowest BCUT2D eigenvalue weighted by Gasteiger charge is -2.25. The van der Waals surface area contributed by atoms with Gasteiger partial charge in [0.1, 0.15) is 5.41 Å². The third-order valence-corrected chi connectivity index (χ3v) is 3.71. The van der Waals surface area contributed by atoms with E-state index in [0.29, 0.717) is 25.3 Å². The van der Waals surface area contributed by atoms with Crippen LogP contribution in [0.5, 0.6) is 0 Å². The Morgan fingerprint density at radius 3 is 2.00 bits per heavy atom. The van der Waals surface area contributed by atoms with Gasteiger partial charge in [-0.15, -0.1) is 0 Å². The molecular weight excluding hydrogens is 224 g/mol. The van der Waals surface area contributed by atoms with E-state index in [4.69, 9.17) is 0 Å². The standard InChI is InChI=1S/C15H28N2O/c1-5-9-15(12-16,10-6-2)14(18)17-11-13(7-3)8-4/h13H,5-11H2,1-4H3,(H,17,18). The topological polar surface area (TPSA) is 52.9 Å². The molecule has 0 saturated heterocycles. The fraction of sp³-hybridized carbons (Fsp3) is 0.867. The maximum atomic E-state index is 12.3. The van der Waals surface area contributed by atoms with Crippen LogP contribution in [0.4, 0.5) is 0 Å². The minimum absolute atomic E-state index is 0.0689. The van der Waals surface area contributed by atoms with Gasteiger partial charge in [0.25, 0.3) is 0 Å². The lowest BCUT2D eigenvalue weighted by Crippen LogP contribution is -2.42. The molecule has 0 aliphatic heterocycles. The van der Waals surface area contributed by atoms with Gasteiger partial charge in [0.05, 0.1) is 6.07 Å². The highest BCUT2D eigenvalue weighted by Crippen LogP contribution is 2.29. The Kier molecular flexibility index (Phi) is 8.45. The van der Waals surface area contributed by atoms with Gasteiger partial charge in [-0.2, -0.15) is 5.26 Å². The third-order valence-electron chi connectivity index (χ3n) is 3.71. The number of nitriles is 1. The van der Waals surface area contributed by atoms with Crippen molar-refractivity contribution in [3.05, 3.63) is 0 Å². The van der Waals surface area contributed by atoms with Crippen molar-refractivity contribution in [1.82, 2.24) is 5.32 Å². The summed E-state index contributed by atoms with van der Waals surface area (Å²) in [7, 11) is 0. The highest BCUT2D eigenvalue weighted by atomic mass is 16.2. The smallest absolute Gasteiger partial charge is 0.240 e. The highest BCUT2D eigenvalue weighted by Gasteiger charge is 2.36. The van der Waals surface area contributed by atoms with Crippen LogP contribution in [0.25, 0.3) is 0 Å². The van der Waals surface area contributed by atoms with Gasteiger partial charge in [0.2, 0.25) is 5.91 Å². The summed E-state index contributed by atoms with van der Waals surface area (Å²) in [6, 6.07) is 2.26.